The fourth-order valence-electron chi connectivity index (χ4n) is 3.16. The van der Waals surface area contributed by atoms with E-state index >= 15 is 0 Å². The molecular formula is C16H26N2OS. The van der Waals surface area contributed by atoms with E-state index in [0.717, 1.165) is 19.5 Å². The monoisotopic (exact) mass is 294 g/mol. The molecule has 3 nitrogen and oxygen atoms in total. The molecular weight excluding hydrogens is 268 g/mol. The summed E-state index contributed by atoms with van der Waals surface area (Å²) in [5.74, 6) is 0.559. The third kappa shape index (κ3) is 2.77. The predicted octanol–water partition coefficient (Wildman–Crippen LogP) is 3.18. The predicted molar refractivity (Wildman–Crippen MR) is 85.1 cm³/mol. The maximum absolute atomic E-state index is 12.8. The number of hydrogen-bond donors (Lipinski definition) is 2. The number of carbonyl (C=O) groups excluding carboxylic acids is 1. The average Bonchev–Trinajstić information content (AvgIpc) is 2.96. The van der Waals surface area contributed by atoms with E-state index in [2.05, 4.69) is 51.3 Å². The van der Waals surface area contributed by atoms with Gasteiger partial charge in [-0.2, -0.15) is 0 Å². The Balaban J connectivity index is 2.12. The van der Waals surface area contributed by atoms with Gasteiger partial charge in [-0.1, -0.05) is 13.8 Å². The van der Waals surface area contributed by atoms with E-state index in [1.54, 1.807) is 11.3 Å². The van der Waals surface area contributed by atoms with Gasteiger partial charge >= 0.3 is 0 Å². The second kappa shape index (κ2) is 5.86. The van der Waals surface area contributed by atoms with Crippen molar-refractivity contribution in [3.8, 4) is 0 Å². The lowest BCUT2D eigenvalue weighted by Gasteiger charge is -2.32. The van der Waals surface area contributed by atoms with Gasteiger partial charge in [0.15, 0.2) is 0 Å². The number of rotatable bonds is 4. The molecule has 0 radical (unpaired) electrons. The van der Waals surface area contributed by atoms with Crippen molar-refractivity contribution in [2.45, 2.75) is 47.1 Å². The molecule has 1 saturated heterocycles. The molecule has 0 spiro atoms. The molecule has 2 atom stereocenters. The zero-order valence-corrected chi connectivity index (χ0v) is 14.0. The van der Waals surface area contributed by atoms with E-state index in [1.807, 2.05) is 0 Å². The molecule has 0 bridgehead atoms. The first-order chi connectivity index (χ1) is 9.36. The highest BCUT2D eigenvalue weighted by atomic mass is 32.1. The quantitative estimate of drug-likeness (QED) is 0.895. The second-order valence-electron chi connectivity index (χ2n) is 6.30. The lowest BCUT2D eigenvalue weighted by atomic mass is 9.75. The highest BCUT2D eigenvalue weighted by Gasteiger charge is 2.44. The Kier molecular flexibility index (Phi) is 4.55. The van der Waals surface area contributed by atoms with Gasteiger partial charge in [-0.05, 0) is 51.3 Å². The summed E-state index contributed by atoms with van der Waals surface area (Å²) in [5.41, 5.74) is 1.01. The highest BCUT2D eigenvalue weighted by Crippen LogP contribution is 2.35. The first-order valence-corrected chi connectivity index (χ1v) is 8.27. The Labute approximate surface area is 126 Å². The third-order valence-corrected chi connectivity index (χ3v) is 5.62. The van der Waals surface area contributed by atoms with Crippen LogP contribution >= 0.6 is 11.3 Å². The summed E-state index contributed by atoms with van der Waals surface area (Å²) in [4.78, 5) is 15.4. The largest absolute Gasteiger partial charge is 0.349 e. The van der Waals surface area contributed by atoms with Gasteiger partial charge in [0.2, 0.25) is 5.91 Å². The summed E-state index contributed by atoms with van der Waals surface area (Å²) in [5, 5.41) is 6.59. The Morgan fingerprint density at radius 1 is 1.40 bits per heavy atom. The lowest BCUT2D eigenvalue weighted by molar-refractivity contribution is -0.133. The summed E-state index contributed by atoms with van der Waals surface area (Å²) < 4.78 is 0. The van der Waals surface area contributed by atoms with E-state index in [9.17, 15) is 4.79 Å². The molecule has 1 aliphatic heterocycles. The van der Waals surface area contributed by atoms with Crippen LogP contribution in [0, 0.1) is 25.2 Å². The molecule has 0 aromatic carbocycles. The molecule has 1 fully saturated rings. The minimum absolute atomic E-state index is 0.0867. The Hall–Kier alpha value is -0.870. The van der Waals surface area contributed by atoms with Crippen molar-refractivity contribution in [1.29, 1.82) is 0 Å². The van der Waals surface area contributed by atoms with Crippen LogP contribution in [0.5, 0.6) is 0 Å². The molecule has 20 heavy (non-hydrogen) atoms. The molecule has 1 aromatic rings. The van der Waals surface area contributed by atoms with E-state index in [4.69, 9.17) is 0 Å². The molecule has 0 aliphatic carbocycles. The van der Waals surface area contributed by atoms with E-state index in [0.29, 0.717) is 5.92 Å². The minimum Gasteiger partial charge on any atom is -0.349 e. The maximum Gasteiger partial charge on any atom is 0.228 e. The van der Waals surface area contributed by atoms with Gasteiger partial charge < -0.3 is 10.6 Å². The van der Waals surface area contributed by atoms with Crippen LogP contribution in [0.15, 0.2) is 6.07 Å². The highest BCUT2D eigenvalue weighted by molar-refractivity contribution is 7.12. The van der Waals surface area contributed by atoms with Crippen molar-refractivity contribution in [2.24, 2.45) is 11.3 Å². The maximum atomic E-state index is 12.8. The normalized spacial score (nSPS) is 24.1. The van der Waals surface area contributed by atoms with Crippen LogP contribution < -0.4 is 10.6 Å². The van der Waals surface area contributed by atoms with Crippen molar-refractivity contribution in [1.82, 2.24) is 10.6 Å². The molecule has 2 heterocycles. The van der Waals surface area contributed by atoms with Gasteiger partial charge in [-0.3, -0.25) is 4.79 Å². The molecule has 2 unspecified atom stereocenters. The number of amides is 1. The molecule has 1 amide bonds. The van der Waals surface area contributed by atoms with Crippen molar-refractivity contribution in [3.63, 3.8) is 0 Å². The van der Waals surface area contributed by atoms with E-state index in [-0.39, 0.29) is 17.4 Å². The molecule has 112 valence electrons. The zero-order valence-electron chi connectivity index (χ0n) is 13.2. The van der Waals surface area contributed by atoms with Crippen LogP contribution in [0.4, 0.5) is 0 Å². The zero-order chi connectivity index (χ0) is 14.9. The van der Waals surface area contributed by atoms with Crippen LogP contribution in [-0.4, -0.2) is 19.0 Å². The van der Waals surface area contributed by atoms with Gasteiger partial charge in [0.1, 0.15) is 0 Å². The smallest absolute Gasteiger partial charge is 0.228 e. The summed E-state index contributed by atoms with van der Waals surface area (Å²) in [6.45, 7) is 12.4. The van der Waals surface area contributed by atoms with Gasteiger partial charge in [0, 0.05) is 16.3 Å². The Morgan fingerprint density at radius 2 is 2.10 bits per heavy atom. The number of carbonyl (C=O) groups is 1. The SMILES string of the molecule is Cc1cc(C(C)NC(=O)C2(C(C)C)CCNC2)c(C)s1. The van der Waals surface area contributed by atoms with E-state index < -0.39 is 0 Å². The molecule has 0 saturated carbocycles. The Bertz CT molecular complexity index is 487. The first-order valence-electron chi connectivity index (χ1n) is 7.45. The van der Waals surface area contributed by atoms with Crippen LogP contribution in [-0.2, 0) is 4.79 Å². The molecule has 1 aliphatic rings. The topological polar surface area (TPSA) is 41.1 Å². The summed E-state index contributed by atoms with van der Waals surface area (Å²) in [7, 11) is 0. The fourth-order valence-corrected chi connectivity index (χ4v) is 4.18. The second-order valence-corrected chi connectivity index (χ2v) is 7.76. The fraction of sp³-hybridized carbons (Fsp3) is 0.688. The van der Waals surface area contributed by atoms with Gasteiger partial charge in [0.05, 0.1) is 11.5 Å². The molecule has 1 aromatic heterocycles. The first kappa shape index (κ1) is 15.5. The standard InChI is InChI=1S/C16H26N2OS/c1-10(2)16(6-7-17-9-16)15(19)18-12(4)14-8-11(3)20-13(14)5/h8,10,12,17H,6-7,9H2,1-5H3,(H,18,19). The van der Waals surface area contributed by atoms with Crippen molar-refractivity contribution < 1.29 is 4.79 Å². The van der Waals surface area contributed by atoms with Crippen molar-refractivity contribution in [3.05, 3.63) is 21.4 Å². The lowest BCUT2D eigenvalue weighted by Crippen LogP contribution is -2.46. The van der Waals surface area contributed by atoms with Crippen LogP contribution in [0.1, 0.15) is 48.6 Å². The van der Waals surface area contributed by atoms with Crippen LogP contribution in [0.2, 0.25) is 0 Å². The number of thiophene rings is 1. The number of hydrogen-bond acceptors (Lipinski definition) is 3. The Morgan fingerprint density at radius 3 is 2.55 bits per heavy atom. The molecule has 2 rings (SSSR count). The third-order valence-electron chi connectivity index (χ3n) is 4.64. The van der Waals surface area contributed by atoms with Crippen molar-refractivity contribution >= 4 is 17.2 Å². The van der Waals surface area contributed by atoms with Crippen molar-refractivity contribution in [2.75, 3.05) is 13.1 Å². The summed E-state index contributed by atoms with van der Waals surface area (Å²) in [6.07, 6.45) is 0.935. The van der Waals surface area contributed by atoms with Crippen LogP contribution in [0.25, 0.3) is 0 Å². The summed E-state index contributed by atoms with van der Waals surface area (Å²) in [6, 6.07) is 2.28. The van der Waals surface area contributed by atoms with Gasteiger partial charge in [-0.25, -0.2) is 0 Å². The molecule has 2 N–H and O–H groups in total. The van der Waals surface area contributed by atoms with E-state index in [1.165, 1.54) is 15.3 Å². The molecule has 4 heteroatoms. The number of aryl methyl sites for hydroxylation is 2. The number of nitrogens with one attached hydrogen (secondary N) is 2. The summed E-state index contributed by atoms with van der Waals surface area (Å²) >= 11 is 1.80. The van der Waals surface area contributed by atoms with Gasteiger partial charge in [0.25, 0.3) is 0 Å². The van der Waals surface area contributed by atoms with Gasteiger partial charge in [-0.15, -0.1) is 11.3 Å². The average molecular weight is 294 g/mol. The minimum atomic E-state index is -0.243. The van der Waals surface area contributed by atoms with Crippen LogP contribution in [0.3, 0.4) is 0 Å².